The Kier molecular flexibility index (Phi) is 2.14. The second kappa shape index (κ2) is 3.22. The molecule has 1 heterocycles. The van der Waals surface area contributed by atoms with E-state index in [0.29, 0.717) is 23.8 Å². The molecule has 15 heavy (non-hydrogen) atoms. The van der Waals surface area contributed by atoms with Crippen molar-refractivity contribution in [2.45, 2.75) is 19.4 Å². The molecule has 1 aromatic carbocycles. The number of hydrogen-bond donors (Lipinski definition) is 1. The Labute approximate surface area is 87.8 Å². The van der Waals surface area contributed by atoms with Gasteiger partial charge < -0.3 is 10.5 Å². The van der Waals surface area contributed by atoms with E-state index in [-0.39, 0.29) is 11.4 Å². The summed E-state index contributed by atoms with van der Waals surface area (Å²) in [6.45, 7) is 4.47. The number of rotatable bonds is 1. The van der Waals surface area contributed by atoms with Gasteiger partial charge in [0.15, 0.2) is 0 Å². The Hall–Kier alpha value is -1.58. The van der Waals surface area contributed by atoms with Gasteiger partial charge >= 0.3 is 0 Å². The third kappa shape index (κ3) is 1.93. The predicted octanol–water partition coefficient (Wildman–Crippen LogP) is 1.96. The quantitative estimate of drug-likeness (QED) is 0.717. The van der Waals surface area contributed by atoms with Crippen molar-refractivity contribution in [1.29, 1.82) is 0 Å². The van der Waals surface area contributed by atoms with E-state index in [0.717, 1.165) is 0 Å². The van der Waals surface area contributed by atoms with Crippen molar-refractivity contribution >= 4 is 11.6 Å². The second-order valence-electron chi connectivity index (χ2n) is 4.25. The lowest BCUT2D eigenvalue weighted by Gasteiger charge is -2.07. The summed E-state index contributed by atoms with van der Waals surface area (Å²) in [5.41, 5.74) is 6.47. The number of ether oxygens (including phenoxy) is 1. The third-order valence-electron chi connectivity index (χ3n) is 2.21. The van der Waals surface area contributed by atoms with Crippen molar-refractivity contribution in [2.75, 3.05) is 12.3 Å². The molecular weight excluding hydrogens is 195 g/mol. The third-order valence-corrected chi connectivity index (χ3v) is 2.21. The van der Waals surface area contributed by atoms with Gasteiger partial charge in [0.2, 0.25) is 5.90 Å². The zero-order valence-electron chi connectivity index (χ0n) is 8.75. The molecule has 0 aliphatic carbocycles. The monoisotopic (exact) mass is 208 g/mol. The van der Waals surface area contributed by atoms with Crippen LogP contribution < -0.4 is 5.73 Å². The van der Waals surface area contributed by atoms with E-state index < -0.39 is 0 Å². The van der Waals surface area contributed by atoms with Gasteiger partial charge in [-0.3, -0.25) is 0 Å². The number of halogens is 1. The van der Waals surface area contributed by atoms with Crippen molar-refractivity contribution in [2.24, 2.45) is 4.99 Å². The van der Waals surface area contributed by atoms with Crippen LogP contribution in [0.4, 0.5) is 10.1 Å². The fourth-order valence-corrected chi connectivity index (χ4v) is 1.45. The van der Waals surface area contributed by atoms with E-state index in [9.17, 15) is 4.39 Å². The van der Waals surface area contributed by atoms with Crippen LogP contribution in [0, 0.1) is 5.82 Å². The molecule has 0 saturated heterocycles. The maximum atomic E-state index is 12.8. The van der Waals surface area contributed by atoms with E-state index in [1.807, 2.05) is 13.8 Å². The highest BCUT2D eigenvalue weighted by Crippen LogP contribution is 2.23. The lowest BCUT2D eigenvalue weighted by atomic mass is 10.1. The molecule has 0 saturated carbocycles. The minimum absolute atomic E-state index is 0.226. The largest absolute Gasteiger partial charge is 0.475 e. The maximum Gasteiger partial charge on any atom is 0.218 e. The summed E-state index contributed by atoms with van der Waals surface area (Å²) in [4.78, 5) is 4.37. The van der Waals surface area contributed by atoms with Crippen LogP contribution in [-0.4, -0.2) is 18.0 Å². The lowest BCUT2D eigenvalue weighted by Crippen LogP contribution is -2.17. The zero-order valence-corrected chi connectivity index (χ0v) is 8.75. The van der Waals surface area contributed by atoms with Crippen molar-refractivity contribution in [3.63, 3.8) is 0 Å². The smallest absolute Gasteiger partial charge is 0.218 e. The Morgan fingerprint density at radius 3 is 2.73 bits per heavy atom. The Balaban J connectivity index is 2.39. The molecule has 0 radical (unpaired) electrons. The van der Waals surface area contributed by atoms with Gasteiger partial charge in [-0.15, -0.1) is 0 Å². The number of hydrogen-bond acceptors (Lipinski definition) is 3. The highest BCUT2D eigenvalue weighted by atomic mass is 19.1. The second-order valence-corrected chi connectivity index (χ2v) is 4.25. The molecule has 0 atom stereocenters. The molecule has 0 fully saturated rings. The molecule has 0 aromatic heterocycles. The summed E-state index contributed by atoms with van der Waals surface area (Å²) < 4.78 is 18.2. The van der Waals surface area contributed by atoms with Crippen LogP contribution in [0.5, 0.6) is 0 Å². The first-order valence-corrected chi connectivity index (χ1v) is 4.76. The van der Waals surface area contributed by atoms with Crippen LogP contribution in [0.2, 0.25) is 0 Å². The minimum atomic E-state index is -0.353. The predicted molar refractivity (Wildman–Crippen MR) is 57.4 cm³/mol. The summed E-state index contributed by atoms with van der Waals surface area (Å²) in [6, 6.07) is 4.21. The summed E-state index contributed by atoms with van der Waals surface area (Å²) in [7, 11) is 0. The number of anilines is 1. The number of nitrogens with zero attached hydrogens (tertiary/aromatic N) is 1. The number of nitrogen functional groups attached to an aromatic ring is 1. The van der Waals surface area contributed by atoms with Crippen LogP contribution in [-0.2, 0) is 4.74 Å². The van der Waals surface area contributed by atoms with Crippen molar-refractivity contribution in [3.05, 3.63) is 29.6 Å². The Morgan fingerprint density at radius 2 is 2.20 bits per heavy atom. The topological polar surface area (TPSA) is 47.6 Å². The normalized spacial score (nSPS) is 18.5. The van der Waals surface area contributed by atoms with Gasteiger partial charge in [-0.1, -0.05) is 0 Å². The number of aliphatic imine (C=N–C) groups is 1. The molecule has 4 heteroatoms. The minimum Gasteiger partial charge on any atom is -0.475 e. The molecule has 1 aliphatic heterocycles. The molecule has 0 bridgehead atoms. The first kappa shape index (κ1) is 9.96. The highest BCUT2D eigenvalue weighted by Gasteiger charge is 2.27. The van der Waals surface area contributed by atoms with Crippen LogP contribution in [0.1, 0.15) is 19.4 Å². The van der Waals surface area contributed by atoms with Gasteiger partial charge in [-0.05, 0) is 32.0 Å². The summed E-state index contributed by atoms with van der Waals surface area (Å²) in [6.07, 6.45) is 0. The van der Waals surface area contributed by atoms with Gasteiger partial charge in [-0.2, -0.15) is 0 Å². The van der Waals surface area contributed by atoms with Gasteiger partial charge in [-0.25, -0.2) is 9.38 Å². The molecule has 80 valence electrons. The van der Waals surface area contributed by atoms with E-state index in [2.05, 4.69) is 4.99 Å². The van der Waals surface area contributed by atoms with Crippen molar-refractivity contribution in [3.8, 4) is 0 Å². The molecule has 2 rings (SSSR count). The average Bonchev–Trinajstić information content (AvgIpc) is 2.46. The van der Waals surface area contributed by atoms with Gasteiger partial charge in [0, 0.05) is 5.69 Å². The van der Waals surface area contributed by atoms with Crippen molar-refractivity contribution < 1.29 is 9.13 Å². The number of nitrogens with two attached hydrogens (primary N) is 1. The SMILES string of the molecule is CC1(C)COC(c2ccc(F)cc2N)=N1. The number of benzene rings is 1. The summed E-state index contributed by atoms with van der Waals surface area (Å²) in [5, 5.41) is 0. The van der Waals surface area contributed by atoms with E-state index in [1.54, 1.807) is 6.07 Å². The van der Waals surface area contributed by atoms with Crippen LogP contribution in [0.25, 0.3) is 0 Å². The Morgan fingerprint density at radius 1 is 1.47 bits per heavy atom. The average molecular weight is 208 g/mol. The molecule has 0 amide bonds. The van der Waals surface area contributed by atoms with Gasteiger partial charge in [0.25, 0.3) is 0 Å². The van der Waals surface area contributed by atoms with Gasteiger partial charge in [0.05, 0.1) is 11.1 Å². The standard InChI is InChI=1S/C11H13FN2O/c1-11(2)6-15-10(14-11)8-4-3-7(12)5-9(8)13/h3-5H,6,13H2,1-2H3. The highest BCUT2D eigenvalue weighted by molar-refractivity contribution is 6.00. The fourth-order valence-electron chi connectivity index (χ4n) is 1.45. The van der Waals surface area contributed by atoms with Gasteiger partial charge in [0.1, 0.15) is 12.4 Å². The zero-order chi connectivity index (χ0) is 11.1. The van der Waals surface area contributed by atoms with Crippen LogP contribution >= 0.6 is 0 Å². The fraction of sp³-hybridized carbons (Fsp3) is 0.364. The molecule has 2 N–H and O–H groups in total. The molecular formula is C11H13FN2O. The van der Waals surface area contributed by atoms with E-state index in [1.165, 1.54) is 12.1 Å². The summed E-state index contributed by atoms with van der Waals surface area (Å²) >= 11 is 0. The van der Waals surface area contributed by atoms with Crippen LogP contribution in [0.15, 0.2) is 23.2 Å². The van der Waals surface area contributed by atoms with E-state index >= 15 is 0 Å². The molecule has 1 aliphatic rings. The Bertz CT molecular complexity index is 427. The first-order chi connectivity index (χ1) is 6.98. The van der Waals surface area contributed by atoms with E-state index in [4.69, 9.17) is 10.5 Å². The van der Waals surface area contributed by atoms with Crippen LogP contribution in [0.3, 0.4) is 0 Å². The molecule has 0 spiro atoms. The molecule has 3 nitrogen and oxygen atoms in total. The maximum absolute atomic E-state index is 12.8. The molecule has 0 unspecified atom stereocenters. The first-order valence-electron chi connectivity index (χ1n) is 4.76. The molecule has 1 aromatic rings. The summed E-state index contributed by atoms with van der Waals surface area (Å²) in [5.74, 6) is 0.145. The van der Waals surface area contributed by atoms with Crippen molar-refractivity contribution in [1.82, 2.24) is 0 Å². The lowest BCUT2D eigenvalue weighted by molar-refractivity contribution is 0.279.